The van der Waals surface area contributed by atoms with E-state index in [0.29, 0.717) is 6.61 Å². The number of methoxy groups -OCH3 is 1. The molecule has 0 saturated carbocycles. The summed E-state index contributed by atoms with van der Waals surface area (Å²) >= 11 is 0. The Balaban J connectivity index is 2.13. The molecular formula is C17H21NO3. The van der Waals surface area contributed by atoms with Gasteiger partial charge in [-0.25, -0.2) is 0 Å². The largest absolute Gasteiger partial charge is 0.497 e. The van der Waals surface area contributed by atoms with E-state index >= 15 is 0 Å². The van der Waals surface area contributed by atoms with E-state index in [2.05, 4.69) is 0 Å². The molecular weight excluding hydrogens is 266 g/mol. The molecule has 2 aromatic rings. The van der Waals surface area contributed by atoms with E-state index in [9.17, 15) is 0 Å². The fourth-order valence-electron chi connectivity index (χ4n) is 2.04. The monoisotopic (exact) mass is 287 g/mol. The first kappa shape index (κ1) is 15.4. The number of aliphatic hydroxyl groups excluding tert-OH is 1. The van der Waals surface area contributed by atoms with E-state index in [-0.39, 0.29) is 12.6 Å². The van der Waals surface area contributed by atoms with Crippen LogP contribution in [-0.2, 0) is 13.2 Å². The highest BCUT2D eigenvalue weighted by Gasteiger charge is 2.10. The molecule has 2 aromatic carbocycles. The summed E-state index contributed by atoms with van der Waals surface area (Å²) in [6, 6.07) is 13.2. The molecule has 0 spiro atoms. The predicted molar refractivity (Wildman–Crippen MR) is 82.3 cm³/mol. The highest BCUT2D eigenvalue weighted by Crippen LogP contribution is 2.29. The molecule has 3 N–H and O–H groups in total. The van der Waals surface area contributed by atoms with Gasteiger partial charge in [0.15, 0.2) is 0 Å². The SMILES string of the molecule is COc1ccc([C@@H](C)N)c(OCc2ccc(CO)cc2)c1. The van der Waals surface area contributed by atoms with Crippen molar-refractivity contribution in [3.8, 4) is 11.5 Å². The van der Waals surface area contributed by atoms with Crippen molar-refractivity contribution < 1.29 is 14.6 Å². The molecule has 0 amide bonds. The molecule has 0 aromatic heterocycles. The lowest BCUT2D eigenvalue weighted by molar-refractivity contribution is 0.281. The molecule has 0 unspecified atom stereocenters. The summed E-state index contributed by atoms with van der Waals surface area (Å²) in [6.07, 6.45) is 0. The average Bonchev–Trinajstić information content (AvgIpc) is 2.52. The normalized spacial score (nSPS) is 12.0. The van der Waals surface area contributed by atoms with Gasteiger partial charge < -0.3 is 20.3 Å². The highest BCUT2D eigenvalue weighted by atomic mass is 16.5. The summed E-state index contributed by atoms with van der Waals surface area (Å²) < 4.78 is 11.1. The quantitative estimate of drug-likeness (QED) is 0.857. The third-order valence-electron chi connectivity index (χ3n) is 3.31. The maximum absolute atomic E-state index is 9.03. The summed E-state index contributed by atoms with van der Waals surface area (Å²) in [7, 11) is 1.62. The van der Waals surface area contributed by atoms with Crippen LogP contribution in [-0.4, -0.2) is 12.2 Å². The van der Waals surface area contributed by atoms with Crippen LogP contribution in [0.2, 0.25) is 0 Å². The van der Waals surface area contributed by atoms with Crippen molar-refractivity contribution in [1.82, 2.24) is 0 Å². The Morgan fingerprint density at radius 3 is 2.33 bits per heavy atom. The van der Waals surface area contributed by atoms with E-state index in [1.165, 1.54) is 0 Å². The summed E-state index contributed by atoms with van der Waals surface area (Å²) in [5, 5.41) is 9.03. The fraction of sp³-hybridized carbons (Fsp3) is 0.294. The molecule has 0 radical (unpaired) electrons. The second-order valence-electron chi connectivity index (χ2n) is 4.96. The predicted octanol–water partition coefficient (Wildman–Crippen LogP) is 2.79. The summed E-state index contributed by atoms with van der Waals surface area (Å²) in [6.45, 7) is 2.41. The van der Waals surface area contributed by atoms with Crippen LogP contribution >= 0.6 is 0 Å². The summed E-state index contributed by atoms with van der Waals surface area (Å²) in [5.41, 5.74) is 8.83. The standard InChI is InChI=1S/C17H21NO3/c1-12(18)16-8-7-15(20-2)9-17(16)21-11-14-5-3-13(10-19)4-6-14/h3-9,12,19H,10-11,18H2,1-2H3/t12-/m1/s1. The molecule has 2 rings (SSSR count). The van der Waals surface area contributed by atoms with Crippen LogP contribution in [0, 0.1) is 0 Å². The van der Waals surface area contributed by atoms with Gasteiger partial charge in [-0.05, 0) is 24.1 Å². The Morgan fingerprint density at radius 2 is 1.76 bits per heavy atom. The number of rotatable bonds is 6. The van der Waals surface area contributed by atoms with Crippen molar-refractivity contribution in [3.63, 3.8) is 0 Å². The zero-order valence-corrected chi connectivity index (χ0v) is 12.4. The minimum atomic E-state index is -0.109. The zero-order valence-electron chi connectivity index (χ0n) is 12.4. The minimum absolute atomic E-state index is 0.0475. The molecule has 1 atom stereocenters. The molecule has 4 nitrogen and oxygen atoms in total. The molecule has 0 heterocycles. The van der Waals surface area contributed by atoms with Crippen LogP contribution in [0.5, 0.6) is 11.5 Å². The molecule has 21 heavy (non-hydrogen) atoms. The van der Waals surface area contributed by atoms with E-state index in [1.807, 2.05) is 49.4 Å². The number of aliphatic hydroxyl groups is 1. The van der Waals surface area contributed by atoms with Crippen LogP contribution in [0.15, 0.2) is 42.5 Å². The lowest BCUT2D eigenvalue weighted by Gasteiger charge is -2.15. The topological polar surface area (TPSA) is 64.7 Å². The number of benzene rings is 2. The Hall–Kier alpha value is -2.04. The van der Waals surface area contributed by atoms with Crippen molar-refractivity contribution in [3.05, 3.63) is 59.2 Å². The lowest BCUT2D eigenvalue weighted by atomic mass is 10.1. The maximum atomic E-state index is 9.03. The van der Waals surface area contributed by atoms with Gasteiger partial charge in [0.1, 0.15) is 18.1 Å². The number of ether oxygens (including phenoxy) is 2. The fourth-order valence-corrected chi connectivity index (χ4v) is 2.04. The first-order chi connectivity index (χ1) is 10.1. The Morgan fingerprint density at radius 1 is 1.10 bits per heavy atom. The van der Waals surface area contributed by atoms with Gasteiger partial charge in [-0.1, -0.05) is 30.3 Å². The van der Waals surface area contributed by atoms with Crippen molar-refractivity contribution in [1.29, 1.82) is 0 Å². The van der Waals surface area contributed by atoms with Crippen molar-refractivity contribution in [2.45, 2.75) is 26.2 Å². The smallest absolute Gasteiger partial charge is 0.128 e. The molecule has 0 bridgehead atoms. The van der Waals surface area contributed by atoms with E-state index in [4.69, 9.17) is 20.3 Å². The number of hydrogen-bond acceptors (Lipinski definition) is 4. The lowest BCUT2D eigenvalue weighted by Crippen LogP contribution is -2.08. The van der Waals surface area contributed by atoms with Crippen LogP contribution in [0.25, 0.3) is 0 Å². The van der Waals surface area contributed by atoms with Gasteiger partial charge in [-0.15, -0.1) is 0 Å². The molecule has 4 heteroatoms. The van der Waals surface area contributed by atoms with Gasteiger partial charge in [0.25, 0.3) is 0 Å². The molecule has 0 aliphatic rings. The van der Waals surface area contributed by atoms with Gasteiger partial charge in [0.2, 0.25) is 0 Å². The molecule has 0 aliphatic heterocycles. The van der Waals surface area contributed by atoms with Crippen molar-refractivity contribution in [2.24, 2.45) is 5.73 Å². The van der Waals surface area contributed by atoms with Gasteiger partial charge in [-0.2, -0.15) is 0 Å². The minimum Gasteiger partial charge on any atom is -0.497 e. The first-order valence-electron chi connectivity index (χ1n) is 6.89. The van der Waals surface area contributed by atoms with E-state index in [0.717, 1.165) is 28.2 Å². The van der Waals surface area contributed by atoms with E-state index in [1.54, 1.807) is 7.11 Å². The van der Waals surface area contributed by atoms with Crippen LogP contribution in [0.1, 0.15) is 29.7 Å². The molecule has 0 saturated heterocycles. The van der Waals surface area contributed by atoms with E-state index < -0.39 is 0 Å². The van der Waals surface area contributed by atoms with Crippen molar-refractivity contribution in [2.75, 3.05) is 7.11 Å². The van der Waals surface area contributed by atoms with Crippen molar-refractivity contribution >= 4 is 0 Å². The number of nitrogens with two attached hydrogens (primary N) is 1. The van der Waals surface area contributed by atoms with Crippen LogP contribution < -0.4 is 15.2 Å². The van der Waals surface area contributed by atoms with Crippen LogP contribution in [0.4, 0.5) is 0 Å². The first-order valence-corrected chi connectivity index (χ1v) is 6.89. The van der Waals surface area contributed by atoms with Crippen LogP contribution in [0.3, 0.4) is 0 Å². The summed E-state index contributed by atoms with van der Waals surface area (Å²) in [5.74, 6) is 1.47. The second-order valence-corrected chi connectivity index (χ2v) is 4.96. The van der Waals surface area contributed by atoms with Gasteiger partial charge in [-0.3, -0.25) is 0 Å². The van der Waals surface area contributed by atoms with Gasteiger partial charge in [0, 0.05) is 17.7 Å². The Bertz CT molecular complexity index is 579. The number of hydrogen-bond donors (Lipinski definition) is 2. The van der Waals surface area contributed by atoms with Gasteiger partial charge >= 0.3 is 0 Å². The molecule has 0 fully saturated rings. The zero-order chi connectivity index (χ0) is 15.2. The Labute approximate surface area is 125 Å². The third-order valence-corrected chi connectivity index (χ3v) is 3.31. The second kappa shape index (κ2) is 7.11. The van der Waals surface area contributed by atoms with Gasteiger partial charge in [0.05, 0.1) is 13.7 Å². The molecule has 0 aliphatic carbocycles. The Kier molecular flexibility index (Phi) is 5.20. The highest BCUT2D eigenvalue weighted by molar-refractivity contribution is 5.42. The molecule has 112 valence electrons. The summed E-state index contributed by atoms with van der Waals surface area (Å²) in [4.78, 5) is 0. The average molecular weight is 287 g/mol. The third kappa shape index (κ3) is 3.97. The maximum Gasteiger partial charge on any atom is 0.128 e.